The van der Waals surface area contributed by atoms with E-state index in [1.165, 1.54) is 12.1 Å². The lowest BCUT2D eigenvalue weighted by molar-refractivity contribution is 0.0113. The van der Waals surface area contributed by atoms with Crippen molar-refractivity contribution < 1.29 is 35.0 Å². The van der Waals surface area contributed by atoms with Crippen LogP contribution in [0.4, 0.5) is 0 Å². The van der Waals surface area contributed by atoms with Crippen LogP contribution in [0.3, 0.4) is 0 Å². The van der Waals surface area contributed by atoms with Gasteiger partial charge < -0.3 is 35.0 Å². The summed E-state index contributed by atoms with van der Waals surface area (Å²) in [7, 11) is 0. The molecule has 3 unspecified atom stereocenters. The smallest absolute Gasteiger partial charge is 0.167 e. The van der Waals surface area contributed by atoms with Crippen molar-refractivity contribution in [3.8, 4) is 51.4 Å². The van der Waals surface area contributed by atoms with Crippen LogP contribution in [0.15, 0.2) is 66.7 Å². The lowest BCUT2D eigenvalue weighted by Gasteiger charge is -2.17. The first kappa shape index (κ1) is 30.9. The number of aromatic nitrogens is 3. The highest BCUT2D eigenvalue weighted by Crippen LogP contribution is 2.35. The third-order valence-electron chi connectivity index (χ3n) is 6.66. The molecule has 4 aromatic rings. The van der Waals surface area contributed by atoms with Crippen LogP contribution in [0.1, 0.15) is 44.8 Å². The van der Waals surface area contributed by atoms with Crippen molar-refractivity contribution in [1.82, 2.24) is 15.0 Å². The molecule has 5 N–H and O–H groups in total. The van der Waals surface area contributed by atoms with E-state index >= 15 is 0 Å². The van der Waals surface area contributed by atoms with Crippen molar-refractivity contribution in [1.29, 1.82) is 0 Å². The van der Waals surface area contributed by atoms with E-state index in [1.807, 2.05) is 30.3 Å². The molecule has 4 rings (SSSR count). The molecule has 0 aliphatic carbocycles. The van der Waals surface area contributed by atoms with E-state index in [0.29, 0.717) is 41.3 Å². The molecule has 1 aromatic heterocycles. The second kappa shape index (κ2) is 14.7. The zero-order chi connectivity index (χ0) is 30.1. The van der Waals surface area contributed by atoms with Gasteiger partial charge in [0.2, 0.25) is 0 Å². The number of nitrogens with zero attached hydrogens (tertiary/aromatic N) is 3. The van der Waals surface area contributed by atoms with Gasteiger partial charge in [0.05, 0.1) is 23.8 Å². The molecule has 222 valence electrons. The zero-order valence-electron chi connectivity index (χ0n) is 23.7. The largest absolute Gasteiger partial charge is 0.507 e. The van der Waals surface area contributed by atoms with Crippen molar-refractivity contribution in [3.63, 3.8) is 0 Å². The fraction of sp³-hybridized carbons (Fsp3) is 0.344. The fourth-order valence-electron chi connectivity index (χ4n) is 4.20. The number of aromatic hydroxyl groups is 2. The normalized spacial score (nSPS) is 13.5. The van der Waals surface area contributed by atoms with Crippen LogP contribution in [0.25, 0.3) is 34.2 Å². The van der Waals surface area contributed by atoms with Crippen LogP contribution >= 0.6 is 0 Å². The minimum absolute atomic E-state index is 0.00176. The van der Waals surface area contributed by atoms with Crippen LogP contribution in [-0.4, -0.2) is 72.5 Å². The van der Waals surface area contributed by atoms with Gasteiger partial charge in [0.1, 0.15) is 36.1 Å². The molecule has 1 heterocycles. The van der Waals surface area contributed by atoms with Crippen molar-refractivity contribution in [2.45, 2.75) is 51.4 Å². The Morgan fingerprint density at radius 1 is 0.738 bits per heavy atom. The van der Waals surface area contributed by atoms with Gasteiger partial charge in [-0.25, -0.2) is 15.0 Å². The molecule has 0 bridgehead atoms. The summed E-state index contributed by atoms with van der Waals surface area (Å²) in [6, 6.07) is 18.4. The zero-order valence-corrected chi connectivity index (χ0v) is 23.7. The van der Waals surface area contributed by atoms with Crippen LogP contribution in [0.2, 0.25) is 0 Å². The summed E-state index contributed by atoms with van der Waals surface area (Å²) in [4.78, 5) is 13.7. The molecule has 0 fully saturated rings. The van der Waals surface area contributed by atoms with Gasteiger partial charge in [-0.15, -0.1) is 0 Å². The van der Waals surface area contributed by atoms with Gasteiger partial charge in [-0.05, 0) is 42.7 Å². The standard InChI is InChI=1S/C32H37N3O7/c1-3-5-15-41-18-22(36)19-42-23-12-14-25(28(39)17-23)32-34-30(20-9-7-6-8-10-20)33-31(35-32)24-13-11-21(16-27(24)38)29(40)26(37)4-2/h6-14,16-17,22,26,29,36-40H,3-5,15,18-19H2,1-2H3. The molecular formula is C32H37N3O7. The number of unbranched alkanes of at least 4 members (excludes halogenated alkanes) is 1. The lowest BCUT2D eigenvalue weighted by atomic mass is 10.0. The number of aliphatic hydroxyl groups excluding tert-OH is 3. The summed E-state index contributed by atoms with van der Waals surface area (Å²) in [6.45, 7) is 4.55. The van der Waals surface area contributed by atoms with Crippen LogP contribution in [-0.2, 0) is 4.74 Å². The second-order valence-electron chi connectivity index (χ2n) is 9.94. The van der Waals surface area contributed by atoms with E-state index in [9.17, 15) is 25.5 Å². The maximum Gasteiger partial charge on any atom is 0.167 e. The lowest BCUT2D eigenvalue weighted by Crippen LogP contribution is -2.23. The van der Waals surface area contributed by atoms with Gasteiger partial charge >= 0.3 is 0 Å². The molecule has 10 heteroatoms. The van der Waals surface area contributed by atoms with Crippen LogP contribution in [0, 0.1) is 0 Å². The van der Waals surface area contributed by atoms with Gasteiger partial charge in [-0.1, -0.05) is 56.7 Å². The number of hydrogen-bond acceptors (Lipinski definition) is 10. The molecule has 42 heavy (non-hydrogen) atoms. The van der Waals surface area contributed by atoms with Gasteiger partial charge in [0.15, 0.2) is 17.5 Å². The molecule has 0 aliphatic rings. The Morgan fingerprint density at radius 2 is 1.38 bits per heavy atom. The highest BCUT2D eigenvalue weighted by molar-refractivity contribution is 5.72. The minimum atomic E-state index is -1.16. The predicted octanol–water partition coefficient (Wildman–Crippen LogP) is 4.64. The number of hydrogen-bond donors (Lipinski definition) is 5. The summed E-state index contributed by atoms with van der Waals surface area (Å²) < 4.78 is 11.1. The van der Waals surface area contributed by atoms with E-state index in [4.69, 9.17) is 9.47 Å². The number of phenols is 2. The number of phenolic OH excluding ortho intramolecular Hbond substituents is 2. The molecule has 0 saturated heterocycles. The summed E-state index contributed by atoms with van der Waals surface area (Å²) in [6.07, 6.45) is -0.659. The van der Waals surface area contributed by atoms with Crippen molar-refractivity contribution >= 4 is 0 Å². The third kappa shape index (κ3) is 7.80. The highest BCUT2D eigenvalue weighted by atomic mass is 16.5. The van der Waals surface area contributed by atoms with E-state index in [0.717, 1.165) is 12.8 Å². The number of rotatable bonds is 14. The topological polar surface area (TPSA) is 158 Å². The monoisotopic (exact) mass is 575 g/mol. The number of ether oxygens (including phenoxy) is 2. The number of benzene rings is 3. The van der Waals surface area contributed by atoms with E-state index in [2.05, 4.69) is 21.9 Å². The van der Waals surface area contributed by atoms with Crippen molar-refractivity contribution in [3.05, 3.63) is 72.3 Å². The first-order valence-electron chi connectivity index (χ1n) is 14.0. The van der Waals surface area contributed by atoms with Crippen molar-refractivity contribution in [2.24, 2.45) is 0 Å². The second-order valence-corrected chi connectivity index (χ2v) is 9.94. The maximum atomic E-state index is 10.9. The average Bonchev–Trinajstić information content (AvgIpc) is 3.01. The Labute approximate surface area is 244 Å². The fourth-order valence-corrected chi connectivity index (χ4v) is 4.20. The first-order chi connectivity index (χ1) is 20.3. The third-order valence-corrected chi connectivity index (χ3v) is 6.66. The SMILES string of the molecule is CCCCOCC(O)COc1ccc(-c2nc(-c3ccccc3)nc(-c3ccc(C(O)C(O)CC)cc3O)n2)c(O)c1. The first-order valence-corrected chi connectivity index (χ1v) is 14.0. The number of aliphatic hydroxyl groups is 3. The summed E-state index contributed by atoms with van der Waals surface area (Å²) in [5, 5.41) is 52.3. The molecule has 0 aliphatic heterocycles. The summed E-state index contributed by atoms with van der Waals surface area (Å²) in [5.74, 6) is 0.662. The Bertz CT molecular complexity index is 1450. The van der Waals surface area contributed by atoms with Gasteiger partial charge in [-0.2, -0.15) is 0 Å². The van der Waals surface area contributed by atoms with Gasteiger partial charge in [-0.3, -0.25) is 0 Å². The molecule has 0 radical (unpaired) electrons. The molecule has 0 saturated carbocycles. The Hall–Kier alpha value is -4.09. The summed E-state index contributed by atoms with van der Waals surface area (Å²) in [5.41, 5.74) is 1.65. The molecule has 10 nitrogen and oxygen atoms in total. The quantitative estimate of drug-likeness (QED) is 0.134. The Balaban J connectivity index is 1.64. The molecule has 3 aromatic carbocycles. The van der Waals surface area contributed by atoms with E-state index < -0.39 is 18.3 Å². The Morgan fingerprint density at radius 3 is 2.00 bits per heavy atom. The minimum Gasteiger partial charge on any atom is -0.507 e. The van der Waals surface area contributed by atoms with E-state index in [-0.39, 0.29) is 41.9 Å². The molecular weight excluding hydrogens is 538 g/mol. The van der Waals surface area contributed by atoms with Gasteiger partial charge in [0.25, 0.3) is 0 Å². The van der Waals surface area contributed by atoms with Gasteiger partial charge in [0, 0.05) is 18.2 Å². The van der Waals surface area contributed by atoms with Crippen LogP contribution < -0.4 is 4.74 Å². The van der Waals surface area contributed by atoms with Crippen molar-refractivity contribution in [2.75, 3.05) is 19.8 Å². The molecule has 0 spiro atoms. The molecule has 0 amide bonds. The summed E-state index contributed by atoms with van der Waals surface area (Å²) >= 11 is 0. The van der Waals surface area contributed by atoms with E-state index in [1.54, 1.807) is 31.2 Å². The maximum absolute atomic E-state index is 10.9. The predicted molar refractivity (Wildman–Crippen MR) is 158 cm³/mol. The highest BCUT2D eigenvalue weighted by Gasteiger charge is 2.21. The van der Waals surface area contributed by atoms with Crippen LogP contribution in [0.5, 0.6) is 17.2 Å². The average molecular weight is 576 g/mol. The Kier molecular flexibility index (Phi) is 10.8. The molecule has 3 atom stereocenters.